The van der Waals surface area contributed by atoms with Crippen LogP contribution in [0.15, 0.2) is 18.2 Å². The first kappa shape index (κ1) is 14.5. The summed E-state index contributed by atoms with van der Waals surface area (Å²) in [5, 5.41) is 11.3. The third kappa shape index (κ3) is 3.37. The second-order valence-electron chi connectivity index (χ2n) is 5.75. The average molecular weight is 275 g/mol. The summed E-state index contributed by atoms with van der Waals surface area (Å²) >= 11 is 0. The maximum absolute atomic E-state index is 13.8. The minimum Gasteiger partial charge on any atom is -0.384 e. The minimum absolute atomic E-state index is 0.0259. The number of carbonyl (C=O) groups excluding carboxylic acids is 1. The van der Waals surface area contributed by atoms with Gasteiger partial charge in [0.15, 0.2) is 0 Å². The van der Waals surface area contributed by atoms with Crippen molar-refractivity contribution in [2.24, 2.45) is 11.3 Å². The van der Waals surface area contributed by atoms with Crippen LogP contribution in [0.3, 0.4) is 0 Å². The number of aliphatic hydroxyl groups is 1. The molecule has 0 bridgehead atoms. The zero-order valence-electron chi connectivity index (χ0n) is 11.7. The quantitative estimate of drug-likeness (QED) is 0.828. The van der Waals surface area contributed by atoms with Crippen molar-refractivity contribution < 1.29 is 14.3 Å². The second-order valence-corrected chi connectivity index (χ2v) is 5.75. The average Bonchev–Trinajstić information content (AvgIpc) is 3.01. The summed E-state index contributed by atoms with van der Waals surface area (Å²) in [4.78, 5) is 11.9. The Kier molecular flexibility index (Phi) is 4.10. The molecule has 106 valence electrons. The van der Waals surface area contributed by atoms with Gasteiger partial charge in [0.2, 0.25) is 0 Å². The third-order valence-corrected chi connectivity index (χ3v) is 3.75. The topological polar surface area (TPSA) is 49.3 Å². The van der Waals surface area contributed by atoms with E-state index in [-0.39, 0.29) is 17.6 Å². The third-order valence-electron chi connectivity index (χ3n) is 3.75. The number of nitrogens with one attached hydrogen (secondary N) is 1. The largest absolute Gasteiger partial charge is 0.384 e. The number of hydrogen-bond donors (Lipinski definition) is 2. The van der Waals surface area contributed by atoms with Gasteiger partial charge < -0.3 is 10.4 Å². The van der Waals surface area contributed by atoms with Crippen molar-refractivity contribution >= 4 is 5.91 Å². The predicted octanol–water partition coefficient (Wildman–Crippen LogP) is 1.95. The van der Waals surface area contributed by atoms with Gasteiger partial charge in [-0.15, -0.1) is 0 Å². The Labute approximate surface area is 118 Å². The molecule has 1 fully saturated rings. The zero-order chi connectivity index (χ0) is 14.8. The van der Waals surface area contributed by atoms with E-state index >= 15 is 0 Å². The molecular formula is C16H18FNO2. The Morgan fingerprint density at radius 2 is 2.25 bits per heavy atom. The Balaban J connectivity index is 1.99. The molecule has 1 aromatic carbocycles. The van der Waals surface area contributed by atoms with E-state index in [2.05, 4.69) is 31.0 Å². The molecule has 2 rings (SSSR count). The molecule has 3 nitrogen and oxygen atoms in total. The molecule has 0 spiro atoms. The van der Waals surface area contributed by atoms with Crippen LogP contribution >= 0.6 is 0 Å². The summed E-state index contributed by atoms with van der Waals surface area (Å²) in [5.74, 6) is 4.52. The van der Waals surface area contributed by atoms with E-state index in [0.29, 0.717) is 18.0 Å². The first-order chi connectivity index (χ1) is 9.44. The van der Waals surface area contributed by atoms with Crippen LogP contribution < -0.4 is 5.32 Å². The molecule has 1 unspecified atom stereocenters. The summed E-state index contributed by atoms with van der Waals surface area (Å²) < 4.78 is 13.8. The van der Waals surface area contributed by atoms with E-state index < -0.39 is 11.7 Å². The Hall–Kier alpha value is -1.86. The van der Waals surface area contributed by atoms with Crippen molar-refractivity contribution in [3.05, 3.63) is 35.1 Å². The molecule has 1 aliphatic rings. The van der Waals surface area contributed by atoms with Gasteiger partial charge in [-0.25, -0.2) is 4.39 Å². The molecule has 0 radical (unpaired) electrons. The lowest BCUT2D eigenvalue weighted by molar-refractivity contribution is 0.0946. The number of halogens is 1. The number of aliphatic hydroxyl groups excluding tert-OH is 1. The van der Waals surface area contributed by atoms with Crippen LogP contribution in [0.4, 0.5) is 4.39 Å². The van der Waals surface area contributed by atoms with Crippen LogP contribution in [0.2, 0.25) is 0 Å². The first-order valence-electron chi connectivity index (χ1n) is 6.61. The van der Waals surface area contributed by atoms with Gasteiger partial charge in [0.25, 0.3) is 5.91 Å². The van der Waals surface area contributed by atoms with E-state index in [4.69, 9.17) is 5.11 Å². The van der Waals surface area contributed by atoms with Crippen LogP contribution in [0, 0.1) is 29.0 Å². The van der Waals surface area contributed by atoms with Crippen LogP contribution in [0.25, 0.3) is 0 Å². The monoisotopic (exact) mass is 275 g/mol. The molecule has 1 saturated carbocycles. The van der Waals surface area contributed by atoms with E-state index in [0.717, 1.165) is 6.42 Å². The normalized spacial score (nSPS) is 18.9. The lowest BCUT2D eigenvalue weighted by atomic mass is 10.1. The Morgan fingerprint density at radius 3 is 2.80 bits per heavy atom. The molecular weight excluding hydrogens is 257 g/mol. The first-order valence-corrected chi connectivity index (χ1v) is 6.61. The van der Waals surface area contributed by atoms with Crippen LogP contribution in [-0.2, 0) is 0 Å². The van der Waals surface area contributed by atoms with Gasteiger partial charge in [-0.3, -0.25) is 4.79 Å². The highest BCUT2D eigenvalue weighted by Gasteiger charge is 2.45. The fourth-order valence-corrected chi connectivity index (χ4v) is 2.15. The van der Waals surface area contributed by atoms with Gasteiger partial charge >= 0.3 is 0 Å². The second kappa shape index (κ2) is 5.64. The summed E-state index contributed by atoms with van der Waals surface area (Å²) in [6.07, 6.45) is 1.09. The Bertz CT molecular complexity index is 584. The van der Waals surface area contributed by atoms with E-state index in [9.17, 15) is 9.18 Å². The van der Waals surface area contributed by atoms with E-state index in [1.807, 2.05) is 0 Å². The molecule has 1 atom stereocenters. The SMILES string of the molecule is CC1(C)CC1CNC(=O)c1ccc(C#CCO)cc1F. The van der Waals surface area contributed by atoms with Gasteiger partial charge in [0.05, 0.1) is 5.56 Å². The van der Waals surface area contributed by atoms with Gasteiger partial charge in [-0.2, -0.15) is 0 Å². The molecule has 0 saturated heterocycles. The van der Waals surface area contributed by atoms with Crippen molar-refractivity contribution in [1.82, 2.24) is 5.32 Å². The molecule has 1 amide bonds. The highest BCUT2D eigenvalue weighted by atomic mass is 19.1. The summed E-state index contributed by atoms with van der Waals surface area (Å²) in [7, 11) is 0. The molecule has 0 aromatic heterocycles. The fraction of sp³-hybridized carbons (Fsp3) is 0.438. The van der Waals surface area contributed by atoms with Crippen LogP contribution in [0.5, 0.6) is 0 Å². The lowest BCUT2D eigenvalue weighted by Crippen LogP contribution is -2.27. The predicted molar refractivity (Wildman–Crippen MR) is 74.6 cm³/mol. The molecule has 0 heterocycles. The number of amides is 1. The summed E-state index contributed by atoms with van der Waals surface area (Å²) in [6, 6.07) is 4.20. The number of hydrogen-bond acceptors (Lipinski definition) is 2. The van der Waals surface area contributed by atoms with Crippen molar-refractivity contribution in [1.29, 1.82) is 0 Å². The number of carbonyl (C=O) groups is 1. The highest BCUT2D eigenvalue weighted by molar-refractivity contribution is 5.94. The number of benzene rings is 1. The van der Waals surface area contributed by atoms with Gasteiger partial charge in [-0.1, -0.05) is 25.7 Å². The maximum Gasteiger partial charge on any atom is 0.254 e. The fourth-order valence-electron chi connectivity index (χ4n) is 2.15. The minimum atomic E-state index is -0.595. The zero-order valence-corrected chi connectivity index (χ0v) is 11.7. The summed E-state index contributed by atoms with van der Waals surface area (Å²) in [6.45, 7) is 4.61. The van der Waals surface area contributed by atoms with Crippen molar-refractivity contribution in [3.8, 4) is 11.8 Å². The van der Waals surface area contributed by atoms with Crippen LogP contribution in [0.1, 0.15) is 36.2 Å². The highest BCUT2D eigenvalue weighted by Crippen LogP contribution is 2.50. The van der Waals surface area contributed by atoms with Crippen molar-refractivity contribution in [2.75, 3.05) is 13.2 Å². The standard InChI is InChI=1S/C16H18FNO2/c1-16(2)9-12(16)10-18-15(20)13-6-5-11(4-3-7-19)8-14(13)17/h5-6,8,12,19H,7,9-10H2,1-2H3,(H,18,20). The lowest BCUT2D eigenvalue weighted by Gasteiger charge is -2.07. The van der Waals surface area contributed by atoms with Crippen LogP contribution in [-0.4, -0.2) is 24.2 Å². The number of rotatable bonds is 3. The maximum atomic E-state index is 13.8. The van der Waals surface area contributed by atoms with Gasteiger partial charge in [0.1, 0.15) is 12.4 Å². The Morgan fingerprint density at radius 1 is 1.55 bits per heavy atom. The van der Waals surface area contributed by atoms with E-state index in [1.54, 1.807) is 6.07 Å². The van der Waals surface area contributed by atoms with E-state index in [1.165, 1.54) is 12.1 Å². The molecule has 2 N–H and O–H groups in total. The molecule has 1 aliphatic carbocycles. The molecule has 20 heavy (non-hydrogen) atoms. The molecule has 0 aliphatic heterocycles. The summed E-state index contributed by atoms with van der Waals surface area (Å²) in [5.41, 5.74) is 0.754. The molecule has 1 aromatic rings. The van der Waals surface area contributed by atoms with Crippen molar-refractivity contribution in [3.63, 3.8) is 0 Å². The molecule has 4 heteroatoms. The van der Waals surface area contributed by atoms with Gasteiger partial charge in [-0.05, 0) is 36.0 Å². The smallest absolute Gasteiger partial charge is 0.254 e. The van der Waals surface area contributed by atoms with Crippen molar-refractivity contribution in [2.45, 2.75) is 20.3 Å². The van der Waals surface area contributed by atoms with Gasteiger partial charge in [0, 0.05) is 12.1 Å².